The quantitative estimate of drug-likeness (QED) is 0.428. The van der Waals surface area contributed by atoms with Gasteiger partial charge in [0.15, 0.2) is 0 Å². The molecular weight excluding hydrogens is 583 g/mol. The van der Waals surface area contributed by atoms with Crippen molar-refractivity contribution in [3.63, 3.8) is 0 Å². The number of benzene rings is 1. The smallest absolute Gasteiger partial charge is 0.462 e. The number of hydrogen-bond donors (Lipinski definition) is 0. The van der Waals surface area contributed by atoms with Gasteiger partial charge in [-0.25, -0.2) is 4.79 Å². The van der Waals surface area contributed by atoms with Crippen LogP contribution in [0.25, 0.3) is 10.9 Å². The number of fused-ring (bicyclic) bond motifs is 1. The van der Waals surface area contributed by atoms with Gasteiger partial charge in [0.05, 0.1) is 35.3 Å². The van der Waals surface area contributed by atoms with Crippen LogP contribution >= 0.6 is 11.6 Å². The molecule has 5 rings (SSSR count). The van der Waals surface area contributed by atoms with Gasteiger partial charge < -0.3 is 33.5 Å². The first kappa shape index (κ1) is 32.5. The van der Waals surface area contributed by atoms with Crippen molar-refractivity contribution in [3.05, 3.63) is 17.2 Å². The van der Waals surface area contributed by atoms with E-state index in [0.29, 0.717) is 54.1 Å². The van der Waals surface area contributed by atoms with E-state index in [2.05, 4.69) is 22.9 Å². The summed E-state index contributed by atoms with van der Waals surface area (Å²) in [5, 5.41) is 10.8. The van der Waals surface area contributed by atoms with Gasteiger partial charge in [0.2, 0.25) is 0 Å². The third kappa shape index (κ3) is 6.71. The van der Waals surface area contributed by atoms with E-state index in [0.717, 1.165) is 24.8 Å². The molecular formula is C31H44BClN6O5. The van der Waals surface area contributed by atoms with Crippen LogP contribution in [0.5, 0.6) is 6.01 Å². The molecule has 0 saturated carbocycles. The molecule has 0 aliphatic carbocycles. The zero-order valence-electron chi connectivity index (χ0n) is 27.1. The minimum Gasteiger partial charge on any atom is -0.462 e. The van der Waals surface area contributed by atoms with Crippen LogP contribution in [0, 0.1) is 11.3 Å². The first-order chi connectivity index (χ1) is 20.6. The molecule has 0 bridgehead atoms. The highest BCUT2D eigenvalue weighted by molar-refractivity contribution is 6.66. The zero-order valence-corrected chi connectivity index (χ0v) is 27.9. The van der Waals surface area contributed by atoms with Crippen molar-refractivity contribution in [2.75, 3.05) is 44.7 Å². The molecule has 4 heterocycles. The molecule has 2 atom stereocenters. The normalized spacial score (nSPS) is 23.7. The molecule has 238 valence electrons. The number of amides is 1. The van der Waals surface area contributed by atoms with Crippen LogP contribution in [-0.4, -0.2) is 102 Å². The maximum atomic E-state index is 13.0. The highest BCUT2D eigenvalue weighted by Gasteiger charge is 2.52. The number of ether oxygens (including phenoxy) is 2. The fraction of sp³-hybridized carbons (Fsp3) is 0.677. The van der Waals surface area contributed by atoms with Gasteiger partial charge in [-0.1, -0.05) is 11.6 Å². The lowest BCUT2D eigenvalue weighted by Gasteiger charge is -2.41. The summed E-state index contributed by atoms with van der Waals surface area (Å²) in [5.74, 6) is 0.638. The second kappa shape index (κ2) is 12.2. The van der Waals surface area contributed by atoms with E-state index >= 15 is 0 Å². The summed E-state index contributed by atoms with van der Waals surface area (Å²) in [6.07, 6.45) is 1.92. The first-order valence-corrected chi connectivity index (χ1v) is 15.8. The van der Waals surface area contributed by atoms with E-state index in [9.17, 15) is 10.1 Å². The standard InChI is InChI=1S/C31H44BClN6O5/c1-29(2,3)42-28(40)39-15-14-38(18-20(39)11-12-34)26-22-16-24(33)23(32-43-30(4,5)31(6,7)44-32)17-25(22)35-27(36-26)41-19-21-10-9-13-37(21)8/h16-17,20-21H,9-11,13-15,18-19H2,1-8H3/t20?,21-/m0/s1. The second-order valence-corrected chi connectivity index (χ2v) is 14.4. The van der Waals surface area contributed by atoms with E-state index in [-0.39, 0.29) is 18.5 Å². The van der Waals surface area contributed by atoms with Crippen LogP contribution in [0.3, 0.4) is 0 Å². The number of anilines is 1. The van der Waals surface area contributed by atoms with Crippen molar-refractivity contribution in [2.24, 2.45) is 0 Å². The number of carbonyl (C=O) groups excluding carboxylic acids is 1. The number of carbonyl (C=O) groups is 1. The van der Waals surface area contributed by atoms with Crippen molar-refractivity contribution >= 4 is 47.0 Å². The van der Waals surface area contributed by atoms with Crippen LogP contribution in [0.2, 0.25) is 5.02 Å². The Morgan fingerprint density at radius 1 is 1.14 bits per heavy atom. The third-order valence-electron chi connectivity index (χ3n) is 9.09. The summed E-state index contributed by atoms with van der Waals surface area (Å²) in [6, 6.07) is 6.15. The molecule has 1 unspecified atom stereocenters. The molecule has 3 aliphatic rings. The van der Waals surface area contributed by atoms with Gasteiger partial charge in [-0.3, -0.25) is 0 Å². The number of nitriles is 1. The van der Waals surface area contributed by atoms with Crippen LogP contribution in [-0.2, 0) is 14.0 Å². The Bertz CT molecular complexity index is 1430. The van der Waals surface area contributed by atoms with Gasteiger partial charge in [0, 0.05) is 41.5 Å². The lowest BCUT2D eigenvalue weighted by atomic mass is 9.78. The van der Waals surface area contributed by atoms with Crippen molar-refractivity contribution in [1.29, 1.82) is 5.26 Å². The molecule has 1 aromatic heterocycles. The minimum absolute atomic E-state index is 0.156. The number of piperazine rings is 1. The summed E-state index contributed by atoms with van der Waals surface area (Å²) in [4.78, 5) is 28.7. The fourth-order valence-electron chi connectivity index (χ4n) is 5.83. The summed E-state index contributed by atoms with van der Waals surface area (Å²) in [7, 11) is 1.44. The highest BCUT2D eigenvalue weighted by atomic mass is 35.5. The fourth-order valence-corrected chi connectivity index (χ4v) is 6.09. The summed E-state index contributed by atoms with van der Waals surface area (Å²) in [6.45, 7) is 16.3. The van der Waals surface area contributed by atoms with Crippen molar-refractivity contribution in [3.8, 4) is 12.1 Å². The summed E-state index contributed by atoms with van der Waals surface area (Å²) >= 11 is 6.90. The Balaban J connectivity index is 1.51. The van der Waals surface area contributed by atoms with Crippen molar-refractivity contribution < 1.29 is 23.6 Å². The largest absolute Gasteiger partial charge is 0.496 e. The zero-order chi connectivity index (χ0) is 32.0. The SMILES string of the molecule is CN1CCC[C@H]1COc1nc(N2CCN(C(=O)OC(C)(C)C)C(CC#N)C2)c2cc(Cl)c(B3OC(C)(C)C(C)(C)O3)cc2n1. The van der Waals surface area contributed by atoms with Crippen LogP contribution < -0.4 is 15.1 Å². The predicted octanol–water partition coefficient (Wildman–Crippen LogP) is 4.39. The number of halogens is 1. The molecule has 1 aromatic carbocycles. The maximum Gasteiger partial charge on any atom is 0.496 e. The van der Waals surface area contributed by atoms with Gasteiger partial charge in [0.1, 0.15) is 18.0 Å². The molecule has 2 aromatic rings. The average molecular weight is 627 g/mol. The molecule has 0 spiro atoms. The van der Waals surface area contributed by atoms with E-state index in [1.54, 1.807) is 4.90 Å². The van der Waals surface area contributed by atoms with Gasteiger partial charge >= 0.3 is 19.2 Å². The lowest BCUT2D eigenvalue weighted by Crippen LogP contribution is -2.56. The van der Waals surface area contributed by atoms with Crippen LogP contribution in [0.1, 0.15) is 67.7 Å². The van der Waals surface area contributed by atoms with E-state index in [4.69, 9.17) is 40.4 Å². The van der Waals surface area contributed by atoms with Crippen LogP contribution in [0.4, 0.5) is 10.6 Å². The molecule has 3 saturated heterocycles. The number of hydrogen-bond acceptors (Lipinski definition) is 10. The summed E-state index contributed by atoms with van der Waals surface area (Å²) in [5.41, 5.74) is -0.374. The Morgan fingerprint density at radius 3 is 2.45 bits per heavy atom. The number of likely N-dealkylation sites (tertiary alicyclic amines) is 1. The number of rotatable bonds is 6. The molecule has 44 heavy (non-hydrogen) atoms. The number of aromatic nitrogens is 2. The predicted molar refractivity (Wildman–Crippen MR) is 171 cm³/mol. The second-order valence-electron chi connectivity index (χ2n) is 14.0. The summed E-state index contributed by atoms with van der Waals surface area (Å²) < 4.78 is 24.5. The Kier molecular flexibility index (Phi) is 8.99. The molecule has 3 fully saturated rings. The maximum absolute atomic E-state index is 13.0. The highest BCUT2D eigenvalue weighted by Crippen LogP contribution is 2.38. The van der Waals surface area contributed by atoms with E-state index in [1.807, 2.05) is 60.6 Å². The Hall–Kier alpha value is -2.85. The molecule has 1 amide bonds. The van der Waals surface area contributed by atoms with Crippen LogP contribution in [0.15, 0.2) is 12.1 Å². The molecule has 0 N–H and O–H groups in total. The van der Waals surface area contributed by atoms with E-state index in [1.165, 1.54) is 0 Å². The third-order valence-corrected chi connectivity index (χ3v) is 9.42. The van der Waals surface area contributed by atoms with Gasteiger partial charge in [0.25, 0.3) is 0 Å². The van der Waals surface area contributed by atoms with Crippen molar-refractivity contribution in [2.45, 2.75) is 96.6 Å². The number of likely N-dealkylation sites (N-methyl/N-ethyl adjacent to an activating group) is 1. The van der Waals surface area contributed by atoms with Gasteiger partial charge in [-0.05, 0) is 87.0 Å². The van der Waals surface area contributed by atoms with Gasteiger partial charge in [-0.2, -0.15) is 15.2 Å². The lowest BCUT2D eigenvalue weighted by molar-refractivity contribution is 0.00578. The average Bonchev–Trinajstić information content (AvgIpc) is 3.43. The molecule has 3 aliphatic heterocycles. The molecule has 11 nitrogen and oxygen atoms in total. The molecule has 13 heteroatoms. The van der Waals surface area contributed by atoms with Crippen molar-refractivity contribution in [1.82, 2.24) is 19.8 Å². The van der Waals surface area contributed by atoms with Gasteiger partial charge in [-0.15, -0.1) is 0 Å². The Morgan fingerprint density at radius 2 is 1.84 bits per heavy atom. The monoisotopic (exact) mass is 626 g/mol. The minimum atomic E-state index is -0.663. The topological polar surface area (TPSA) is 113 Å². The van der Waals surface area contributed by atoms with E-state index < -0.39 is 30.0 Å². The molecule has 0 radical (unpaired) electrons. The number of nitrogens with zero attached hydrogens (tertiary/aromatic N) is 6. The first-order valence-electron chi connectivity index (χ1n) is 15.4. The Labute approximate surface area is 265 Å².